The fourth-order valence-corrected chi connectivity index (χ4v) is 1.86. The number of carboxylic acids is 1. The molecule has 0 fully saturated rings. The molecule has 0 aliphatic rings. The third-order valence-corrected chi connectivity index (χ3v) is 2.80. The van der Waals surface area contributed by atoms with Crippen molar-refractivity contribution in [3.8, 4) is 0 Å². The van der Waals surface area contributed by atoms with Crippen molar-refractivity contribution in [3.63, 3.8) is 0 Å². The van der Waals surface area contributed by atoms with Crippen molar-refractivity contribution in [2.75, 3.05) is 0 Å². The molecule has 0 bridgehead atoms. The highest BCUT2D eigenvalue weighted by molar-refractivity contribution is 5.66. The van der Waals surface area contributed by atoms with Gasteiger partial charge < -0.3 is 5.11 Å². The predicted molar refractivity (Wildman–Crippen MR) is 75.5 cm³/mol. The fraction of sp³-hybridized carbons (Fsp3) is 0.312. The maximum absolute atomic E-state index is 10.4. The Kier molecular flexibility index (Phi) is 6.55. The molecule has 1 aromatic carbocycles. The van der Waals surface area contributed by atoms with Gasteiger partial charge in [0.2, 0.25) is 0 Å². The lowest BCUT2D eigenvalue weighted by atomic mass is 10.0. The van der Waals surface area contributed by atoms with E-state index in [0.717, 1.165) is 25.7 Å². The highest BCUT2D eigenvalue weighted by Gasteiger charge is 2.00. The van der Waals surface area contributed by atoms with Crippen LogP contribution in [-0.4, -0.2) is 11.1 Å². The van der Waals surface area contributed by atoms with Crippen LogP contribution < -0.4 is 0 Å². The number of allylic oxidation sites excluding steroid dienone is 2. The third-order valence-electron chi connectivity index (χ3n) is 2.80. The Morgan fingerprint density at radius 2 is 2.00 bits per heavy atom. The summed E-state index contributed by atoms with van der Waals surface area (Å²) < 4.78 is 0. The summed E-state index contributed by atoms with van der Waals surface area (Å²) in [6.45, 7) is 3.67. The van der Waals surface area contributed by atoms with Gasteiger partial charge in [-0.05, 0) is 30.4 Å². The molecule has 0 aliphatic carbocycles. The van der Waals surface area contributed by atoms with Crippen LogP contribution in [0.25, 0.3) is 6.08 Å². The molecule has 0 radical (unpaired) electrons. The van der Waals surface area contributed by atoms with Gasteiger partial charge in [-0.25, -0.2) is 0 Å². The predicted octanol–water partition coefficient (Wildman–Crippen LogP) is 4.07. The molecule has 0 heterocycles. The van der Waals surface area contributed by atoms with E-state index in [1.54, 1.807) is 6.08 Å². The van der Waals surface area contributed by atoms with E-state index in [4.69, 9.17) is 5.11 Å². The number of rotatable bonds is 8. The summed E-state index contributed by atoms with van der Waals surface area (Å²) in [5.74, 6) is -0.704. The summed E-state index contributed by atoms with van der Waals surface area (Å²) in [5, 5.41) is 8.55. The minimum atomic E-state index is -0.704. The second kappa shape index (κ2) is 8.29. The summed E-state index contributed by atoms with van der Waals surface area (Å²) >= 11 is 0. The first-order valence-electron chi connectivity index (χ1n) is 6.33. The van der Waals surface area contributed by atoms with Crippen LogP contribution in [0.1, 0.15) is 36.8 Å². The first-order valence-corrected chi connectivity index (χ1v) is 6.33. The Morgan fingerprint density at radius 3 is 2.72 bits per heavy atom. The van der Waals surface area contributed by atoms with E-state index in [1.165, 1.54) is 11.1 Å². The number of unbranched alkanes of at least 4 members (excludes halogenated alkanes) is 2. The number of hydrogen-bond acceptors (Lipinski definition) is 1. The van der Waals surface area contributed by atoms with E-state index in [9.17, 15) is 4.79 Å². The molecule has 2 heteroatoms. The molecule has 0 atom stereocenters. The zero-order valence-corrected chi connectivity index (χ0v) is 10.6. The Morgan fingerprint density at radius 1 is 1.22 bits per heavy atom. The van der Waals surface area contributed by atoms with Gasteiger partial charge in [0.15, 0.2) is 0 Å². The Bertz CT molecular complexity index is 419. The van der Waals surface area contributed by atoms with Crippen LogP contribution >= 0.6 is 0 Å². The minimum Gasteiger partial charge on any atom is -0.481 e. The first-order chi connectivity index (χ1) is 8.74. The van der Waals surface area contributed by atoms with Crippen LogP contribution in [0.15, 0.2) is 43.0 Å². The van der Waals surface area contributed by atoms with Crippen molar-refractivity contribution in [1.82, 2.24) is 0 Å². The van der Waals surface area contributed by atoms with E-state index >= 15 is 0 Å². The number of carboxylic acid groups (broad SMARTS) is 1. The normalized spacial score (nSPS) is 10.7. The average molecular weight is 244 g/mol. The van der Waals surface area contributed by atoms with Crippen molar-refractivity contribution in [1.29, 1.82) is 0 Å². The fourth-order valence-electron chi connectivity index (χ4n) is 1.86. The molecular formula is C16H20O2. The lowest BCUT2D eigenvalue weighted by Gasteiger charge is -2.05. The Balaban J connectivity index is 2.43. The van der Waals surface area contributed by atoms with Crippen molar-refractivity contribution in [3.05, 3.63) is 54.1 Å². The van der Waals surface area contributed by atoms with Crippen molar-refractivity contribution in [2.45, 2.75) is 32.1 Å². The topological polar surface area (TPSA) is 37.3 Å². The molecule has 0 aliphatic heterocycles. The number of benzene rings is 1. The smallest absolute Gasteiger partial charge is 0.303 e. The van der Waals surface area contributed by atoms with Gasteiger partial charge in [-0.1, -0.05) is 55.5 Å². The van der Waals surface area contributed by atoms with Crippen molar-refractivity contribution >= 4 is 12.0 Å². The molecule has 2 nitrogen and oxygen atoms in total. The minimum absolute atomic E-state index is 0.276. The van der Waals surface area contributed by atoms with Crippen LogP contribution in [-0.2, 0) is 11.2 Å². The second-order valence-electron chi connectivity index (χ2n) is 4.25. The van der Waals surface area contributed by atoms with Gasteiger partial charge in [0.25, 0.3) is 0 Å². The molecule has 1 aromatic rings. The maximum atomic E-state index is 10.4. The molecule has 1 N–H and O–H groups in total. The number of aliphatic carboxylic acids is 1. The summed E-state index contributed by atoms with van der Waals surface area (Å²) in [4.78, 5) is 10.4. The molecule has 0 unspecified atom stereocenters. The molecule has 0 spiro atoms. The van der Waals surface area contributed by atoms with Gasteiger partial charge in [-0.2, -0.15) is 0 Å². The molecule has 18 heavy (non-hydrogen) atoms. The zero-order valence-electron chi connectivity index (χ0n) is 10.6. The Labute approximate surface area is 109 Å². The molecule has 0 aromatic heterocycles. The van der Waals surface area contributed by atoms with Crippen LogP contribution in [0, 0.1) is 0 Å². The number of aryl methyl sites for hydroxylation is 1. The zero-order chi connectivity index (χ0) is 13.2. The van der Waals surface area contributed by atoms with Gasteiger partial charge in [0, 0.05) is 6.42 Å². The largest absolute Gasteiger partial charge is 0.481 e. The SMILES string of the molecule is C=C/C=C/c1ccccc1CCCCCC(=O)O. The summed E-state index contributed by atoms with van der Waals surface area (Å²) in [6, 6.07) is 8.28. The molecular weight excluding hydrogens is 224 g/mol. The number of carbonyl (C=O) groups is 1. The van der Waals surface area contributed by atoms with E-state index in [0.29, 0.717) is 0 Å². The second-order valence-corrected chi connectivity index (χ2v) is 4.25. The molecule has 0 saturated carbocycles. The standard InChI is InChI=1S/C16H20O2/c1-2-3-9-14-11-7-8-12-15(14)10-5-4-6-13-16(17)18/h2-3,7-9,11-12H,1,4-6,10,13H2,(H,17,18)/b9-3+. The van der Waals surface area contributed by atoms with Gasteiger partial charge in [-0.15, -0.1) is 0 Å². The van der Waals surface area contributed by atoms with Crippen LogP contribution in [0.5, 0.6) is 0 Å². The van der Waals surface area contributed by atoms with Gasteiger partial charge in [0.05, 0.1) is 0 Å². The van der Waals surface area contributed by atoms with Gasteiger partial charge in [-0.3, -0.25) is 4.79 Å². The van der Waals surface area contributed by atoms with Crippen LogP contribution in [0.3, 0.4) is 0 Å². The highest BCUT2D eigenvalue weighted by Crippen LogP contribution is 2.14. The third kappa shape index (κ3) is 5.48. The molecule has 0 saturated heterocycles. The van der Waals surface area contributed by atoms with E-state index < -0.39 is 5.97 Å². The molecule has 1 rings (SSSR count). The summed E-state index contributed by atoms with van der Waals surface area (Å²) in [5.41, 5.74) is 2.53. The van der Waals surface area contributed by atoms with Gasteiger partial charge in [0.1, 0.15) is 0 Å². The first kappa shape index (κ1) is 14.2. The lowest BCUT2D eigenvalue weighted by Crippen LogP contribution is -1.95. The highest BCUT2D eigenvalue weighted by atomic mass is 16.4. The average Bonchev–Trinajstić information content (AvgIpc) is 2.36. The number of hydrogen-bond donors (Lipinski definition) is 1. The molecule has 0 amide bonds. The summed E-state index contributed by atoms with van der Waals surface area (Å²) in [6.07, 6.45) is 9.79. The quantitative estimate of drug-likeness (QED) is 0.552. The van der Waals surface area contributed by atoms with Gasteiger partial charge >= 0.3 is 5.97 Å². The van der Waals surface area contributed by atoms with Crippen LogP contribution in [0.4, 0.5) is 0 Å². The maximum Gasteiger partial charge on any atom is 0.303 e. The lowest BCUT2D eigenvalue weighted by molar-refractivity contribution is -0.137. The van der Waals surface area contributed by atoms with Crippen molar-refractivity contribution < 1.29 is 9.90 Å². The van der Waals surface area contributed by atoms with E-state index in [2.05, 4.69) is 24.8 Å². The monoisotopic (exact) mass is 244 g/mol. The molecule has 96 valence electrons. The van der Waals surface area contributed by atoms with E-state index in [-0.39, 0.29) is 6.42 Å². The van der Waals surface area contributed by atoms with E-state index in [1.807, 2.05) is 18.2 Å². The van der Waals surface area contributed by atoms with Crippen LogP contribution in [0.2, 0.25) is 0 Å². The Hall–Kier alpha value is -1.83. The van der Waals surface area contributed by atoms with Crippen molar-refractivity contribution in [2.24, 2.45) is 0 Å². The summed E-state index contributed by atoms with van der Waals surface area (Å²) in [7, 11) is 0.